The van der Waals surface area contributed by atoms with Gasteiger partial charge in [0, 0.05) is 37.3 Å². The average Bonchev–Trinajstić information content (AvgIpc) is 3.05. The molecule has 0 aliphatic carbocycles. The van der Waals surface area contributed by atoms with Gasteiger partial charge in [-0.25, -0.2) is 0 Å². The van der Waals surface area contributed by atoms with E-state index in [9.17, 15) is 18.0 Å². The molecule has 2 aromatic rings. The summed E-state index contributed by atoms with van der Waals surface area (Å²) in [4.78, 5) is 14.5. The fourth-order valence-electron chi connectivity index (χ4n) is 3.29. The first-order valence-corrected chi connectivity index (χ1v) is 8.58. The zero-order chi connectivity index (χ0) is 18.9. The van der Waals surface area contributed by atoms with Gasteiger partial charge in [0.05, 0.1) is 11.6 Å². The van der Waals surface area contributed by atoms with Crippen molar-refractivity contribution in [2.24, 2.45) is 0 Å². The lowest BCUT2D eigenvalue weighted by atomic mass is 10.0. The van der Waals surface area contributed by atoms with E-state index >= 15 is 0 Å². The summed E-state index contributed by atoms with van der Waals surface area (Å²) in [6.45, 7) is 5.28. The van der Waals surface area contributed by atoms with Gasteiger partial charge in [-0.05, 0) is 31.5 Å². The molecule has 1 atom stereocenters. The summed E-state index contributed by atoms with van der Waals surface area (Å²) in [6, 6.07) is 4.61. The topological polar surface area (TPSA) is 61.0 Å². The molecule has 0 spiro atoms. The Balaban J connectivity index is 0.00000261. The molecule has 148 valence electrons. The molecule has 27 heavy (non-hydrogen) atoms. The zero-order valence-electron chi connectivity index (χ0n) is 15.1. The van der Waals surface area contributed by atoms with E-state index in [0.717, 1.165) is 36.4 Å². The van der Waals surface area contributed by atoms with Gasteiger partial charge < -0.3 is 10.2 Å². The smallest absolute Gasteiger partial charge is 0.331 e. The lowest BCUT2D eigenvalue weighted by molar-refractivity contribution is -0.137. The van der Waals surface area contributed by atoms with E-state index in [2.05, 4.69) is 15.5 Å². The van der Waals surface area contributed by atoms with E-state index in [-0.39, 0.29) is 18.3 Å². The van der Waals surface area contributed by atoms with Gasteiger partial charge in [-0.2, -0.15) is 18.3 Å². The van der Waals surface area contributed by atoms with Crippen LogP contribution in [-0.4, -0.2) is 34.1 Å². The molecule has 1 unspecified atom stereocenters. The van der Waals surface area contributed by atoms with Crippen LogP contribution in [0.2, 0.25) is 0 Å². The van der Waals surface area contributed by atoms with E-state index < -0.39 is 17.8 Å². The molecular weight excluding hydrogens is 381 g/mol. The monoisotopic (exact) mass is 402 g/mol. The molecule has 0 saturated heterocycles. The van der Waals surface area contributed by atoms with E-state index in [1.807, 2.05) is 0 Å². The number of aromatic nitrogens is 2. The van der Waals surface area contributed by atoms with Crippen LogP contribution in [0, 0.1) is 0 Å². The predicted octanol–water partition coefficient (Wildman–Crippen LogP) is 3.72. The third-order valence-electron chi connectivity index (χ3n) is 4.77. The standard InChI is InChI=1S/C18H21F3N4O.ClH/c1-3-25(11(2)12-5-4-6-13(9-12)18(19,20)21)17(26)16-14-10-22-8-7-15(14)23-24-16;/h4-6,9,11,22H,3,7-8,10H2,1-2H3,(H,23,24);1H. The Kier molecular flexibility index (Phi) is 6.54. The maximum atomic E-state index is 13.0. The van der Waals surface area contributed by atoms with Crippen molar-refractivity contribution in [2.45, 2.75) is 39.0 Å². The van der Waals surface area contributed by atoms with E-state index in [1.165, 1.54) is 6.07 Å². The highest BCUT2D eigenvalue weighted by Gasteiger charge is 2.32. The minimum atomic E-state index is -4.41. The lowest BCUT2D eigenvalue weighted by Gasteiger charge is -2.29. The maximum Gasteiger partial charge on any atom is 0.416 e. The minimum Gasteiger partial charge on any atom is -0.331 e. The summed E-state index contributed by atoms with van der Waals surface area (Å²) in [7, 11) is 0. The summed E-state index contributed by atoms with van der Waals surface area (Å²) in [5.74, 6) is -0.279. The molecule has 1 amide bonds. The lowest BCUT2D eigenvalue weighted by Crippen LogP contribution is -2.35. The fraction of sp³-hybridized carbons (Fsp3) is 0.444. The third kappa shape index (κ3) is 4.27. The van der Waals surface area contributed by atoms with Crippen molar-refractivity contribution in [2.75, 3.05) is 13.1 Å². The predicted molar refractivity (Wildman–Crippen MR) is 97.8 cm³/mol. The number of alkyl halides is 3. The average molecular weight is 403 g/mol. The number of halogens is 4. The van der Waals surface area contributed by atoms with Gasteiger partial charge in [0.2, 0.25) is 0 Å². The largest absolute Gasteiger partial charge is 0.416 e. The van der Waals surface area contributed by atoms with Crippen molar-refractivity contribution >= 4 is 18.3 Å². The number of carbonyl (C=O) groups is 1. The minimum absolute atomic E-state index is 0. The number of hydrogen-bond donors (Lipinski definition) is 2. The third-order valence-corrected chi connectivity index (χ3v) is 4.77. The highest BCUT2D eigenvalue weighted by atomic mass is 35.5. The SMILES string of the molecule is CCN(C(=O)c1n[nH]c2c1CNCC2)C(C)c1cccc(C(F)(F)F)c1.Cl. The van der Waals surface area contributed by atoms with Crippen molar-refractivity contribution in [1.82, 2.24) is 20.4 Å². The number of aromatic amines is 1. The van der Waals surface area contributed by atoms with Crippen LogP contribution in [0.1, 0.15) is 52.8 Å². The van der Waals surface area contributed by atoms with E-state index in [1.54, 1.807) is 24.8 Å². The fourth-order valence-corrected chi connectivity index (χ4v) is 3.29. The van der Waals surface area contributed by atoms with Crippen molar-refractivity contribution in [3.05, 3.63) is 52.3 Å². The Morgan fingerprint density at radius 2 is 2.11 bits per heavy atom. The van der Waals surface area contributed by atoms with Crippen LogP contribution in [-0.2, 0) is 19.1 Å². The van der Waals surface area contributed by atoms with Gasteiger partial charge >= 0.3 is 6.18 Å². The van der Waals surface area contributed by atoms with Crippen molar-refractivity contribution in [3.63, 3.8) is 0 Å². The maximum absolute atomic E-state index is 13.0. The van der Waals surface area contributed by atoms with Crippen LogP contribution in [0.4, 0.5) is 13.2 Å². The van der Waals surface area contributed by atoms with Crippen LogP contribution in [0.15, 0.2) is 24.3 Å². The van der Waals surface area contributed by atoms with Gasteiger partial charge in [-0.1, -0.05) is 12.1 Å². The summed E-state index contributed by atoms with van der Waals surface area (Å²) in [5.41, 5.74) is 1.85. The number of hydrogen-bond acceptors (Lipinski definition) is 3. The second-order valence-electron chi connectivity index (χ2n) is 6.35. The summed E-state index contributed by atoms with van der Waals surface area (Å²) >= 11 is 0. The number of nitrogens with zero attached hydrogens (tertiary/aromatic N) is 2. The Bertz CT molecular complexity index is 806. The van der Waals surface area contributed by atoms with Gasteiger partial charge in [0.15, 0.2) is 5.69 Å². The molecule has 2 N–H and O–H groups in total. The van der Waals surface area contributed by atoms with Crippen LogP contribution in [0.5, 0.6) is 0 Å². The van der Waals surface area contributed by atoms with Gasteiger partial charge in [-0.3, -0.25) is 9.89 Å². The molecule has 1 aromatic carbocycles. The van der Waals surface area contributed by atoms with Gasteiger partial charge in [0.25, 0.3) is 5.91 Å². The number of H-pyrrole nitrogens is 1. The Labute approximate surface area is 161 Å². The normalized spacial score (nSPS) is 14.9. The molecule has 0 saturated carbocycles. The molecule has 1 aliphatic heterocycles. The zero-order valence-corrected chi connectivity index (χ0v) is 15.9. The van der Waals surface area contributed by atoms with Crippen molar-refractivity contribution < 1.29 is 18.0 Å². The first-order chi connectivity index (χ1) is 12.3. The first kappa shape index (κ1) is 21.2. The highest BCUT2D eigenvalue weighted by molar-refractivity contribution is 5.94. The van der Waals surface area contributed by atoms with Crippen LogP contribution in [0.3, 0.4) is 0 Å². The molecule has 0 fully saturated rings. The number of amides is 1. The Hall–Kier alpha value is -2.06. The number of nitrogens with one attached hydrogen (secondary N) is 2. The molecule has 0 bridgehead atoms. The second kappa shape index (κ2) is 8.31. The second-order valence-corrected chi connectivity index (χ2v) is 6.35. The molecule has 2 heterocycles. The van der Waals surface area contributed by atoms with Crippen LogP contribution < -0.4 is 5.32 Å². The molecule has 3 rings (SSSR count). The summed E-state index contributed by atoms with van der Waals surface area (Å²) in [5, 5.41) is 10.3. The summed E-state index contributed by atoms with van der Waals surface area (Å²) in [6.07, 6.45) is -3.64. The van der Waals surface area contributed by atoms with Crippen molar-refractivity contribution in [3.8, 4) is 0 Å². The molecule has 0 radical (unpaired) electrons. The van der Waals surface area contributed by atoms with E-state index in [4.69, 9.17) is 0 Å². The van der Waals surface area contributed by atoms with Gasteiger partial charge in [0.1, 0.15) is 0 Å². The molecular formula is C18H22ClF3N4O. The van der Waals surface area contributed by atoms with Crippen LogP contribution in [0.25, 0.3) is 0 Å². The molecule has 1 aromatic heterocycles. The Morgan fingerprint density at radius 3 is 2.78 bits per heavy atom. The first-order valence-electron chi connectivity index (χ1n) is 8.58. The highest BCUT2D eigenvalue weighted by Crippen LogP contribution is 2.32. The Morgan fingerprint density at radius 1 is 1.37 bits per heavy atom. The quantitative estimate of drug-likeness (QED) is 0.819. The van der Waals surface area contributed by atoms with Crippen LogP contribution >= 0.6 is 12.4 Å². The molecule has 1 aliphatic rings. The molecule has 9 heteroatoms. The van der Waals surface area contributed by atoms with Crippen molar-refractivity contribution in [1.29, 1.82) is 0 Å². The number of fused-ring (bicyclic) bond motifs is 1. The number of carbonyl (C=O) groups excluding carboxylic acids is 1. The number of rotatable bonds is 4. The number of benzene rings is 1. The summed E-state index contributed by atoms with van der Waals surface area (Å²) < 4.78 is 38.9. The van der Waals surface area contributed by atoms with Gasteiger partial charge in [-0.15, -0.1) is 12.4 Å². The molecule has 5 nitrogen and oxygen atoms in total. The van der Waals surface area contributed by atoms with E-state index in [0.29, 0.717) is 24.3 Å².